The Hall–Kier alpha value is -3.95. The highest BCUT2D eigenvalue weighted by atomic mass is 16.2. The van der Waals surface area contributed by atoms with Gasteiger partial charge in [0.05, 0.1) is 11.7 Å². The van der Waals surface area contributed by atoms with E-state index in [1.165, 1.54) is 0 Å². The Balaban J connectivity index is 1.30. The predicted molar refractivity (Wildman–Crippen MR) is 124 cm³/mol. The van der Waals surface area contributed by atoms with Crippen LogP contribution in [-0.2, 0) is 0 Å². The van der Waals surface area contributed by atoms with Gasteiger partial charge in [0.25, 0.3) is 5.91 Å². The van der Waals surface area contributed by atoms with Crippen LogP contribution in [0.25, 0.3) is 5.65 Å². The molecule has 0 spiro atoms. The third-order valence-electron chi connectivity index (χ3n) is 6.36. The molecule has 6 rings (SSSR count). The zero-order chi connectivity index (χ0) is 22.2. The molecule has 1 unspecified atom stereocenters. The molecule has 4 aromatic rings. The fourth-order valence-electron chi connectivity index (χ4n) is 4.72. The topological polar surface area (TPSA) is 107 Å². The van der Waals surface area contributed by atoms with E-state index in [1.807, 2.05) is 46.0 Å². The molecule has 10 nitrogen and oxygen atoms in total. The van der Waals surface area contributed by atoms with Crippen LogP contribution in [-0.4, -0.2) is 60.0 Å². The van der Waals surface area contributed by atoms with Gasteiger partial charge in [-0.15, -0.1) is 0 Å². The van der Waals surface area contributed by atoms with Crippen molar-refractivity contribution in [3.8, 4) is 0 Å². The number of carbonyl (C=O) groups excluding carboxylic acids is 1. The van der Waals surface area contributed by atoms with Crippen molar-refractivity contribution in [2.75, 3.05) is 29.9 Å². The van der Waals surface area contributed by atoms with Crippen molar-refractivity contribution >= 4 is 29.3 Å². The highest BCUT2D eigenvalue weighted by molar-refractivity contribution is 5.93. The third kappa shape index (κ3) is 3.67. The standard InChI is InChI=1S/C23H25N9O/c33-21(30-11-3-4-12-30)17-15-19(29-28-17)25-22-27-23(26-20-9-6-14-32(20)22)31-13-5-8-18(31)16-7-1-2-10-24-16/h1-2,6-7,9-10,14-15,18H,3-5,8,11-13H2,(H2,25,26,27,28,29). The van der Waals surface area contributed by atoms with Crippen LogP contribution in [0.4, 0.5) is 17.7 Å². The Kier molecular flexibility index (Phi) is 4.89. The van der Waals surface area contributed by atoms with Crippen molar-refractivity contribution in [1.82, 2.24) is 34.4 Å². The molecule has 2 fully saturated rings. The molecule has 0 radical (unpaired) electrons. The van der Waals surface area contributed by atoms with Crippen molar-refractivity contribution in [2.45, 2.75) is 31.7 Å². The van der Waals surface area contributed by atoms with Crippen molar-refractivity contribution in [3.63, 3.8) is 0 Å². The van der Waals surface area contributed by atoms with Gasteiger partial charge in [-0.2, -0.15) is 15.1 Å². The van der Waals surface area contributed by atoms with E-state index in [9.17, 15) is 4.79 Å². The van der Waals surface area contributed by atoms with Crippen LogP contribution < -0.4 is 10.2 Å². The summed E-state index contributed by atoms with van der Waals surface area (Å²) >= 11 is 0. The summed E-state index contributed by atoms with van der Waals surface area (Å²) in [6.07, 6.45) is 7.91. The summed E-state index contributed by atoms with van der Waals surface area (Å²) in [4.78, 5) is 31.0. The summed E-state index contributed by atoms with van der Waals surface area (Å²) in [6, 6.07) is 11.8. The number of likely N-dealkylation sites (tertiary alicyclic amines) is 1. The minimum atomic E-state index is -0.0159. The quantitative estimate of drug-likeness (QED) is 0.488. The van der Waals surface area contributed by atoms with Crippen molar-refractivity contribution in [2.24, 2.45) is 0 Å². The Labute approximate surface area is 190 Å². The normalized spacial score (nSPS) is 18.4. The van der Waals surface area contributed by atoms with Gasteiger partial charge in [0.1, 0.15) is 11.3 Å². The van der Waals surface area contributed by atoms with Crippen molar-refractivity contribution < 1.29 is 4.79 Å². The number of nitrogens with one attached hydrogen (secondary N) is 2. The maximum atomic E-state index is 12.7. The number of H-pyrrole nitrogens is 1. The highest BCUT2D eigenvalue weighted by Gasteiger charge is 2.30. The molecule has 1 amide bonds. The monoisotopic (exact) mass is 443 g/mol. The maximum absolute atomic E-state index is 12.7. The summed E-state index contributed by atoms with van der Waals surface area (Å²) in [5, 5.41) is 10.4. The number of amides is 1. The molecule has 0 aromatic carbocycles. The number of aromatic amines is 1. The van der Waals surface area contributed by atoms with Crippen LogP contribution in [0.15, 0.2) is 48.8 Å². The van der Waals surface area contributed by atoms with Gasteiger partial charge in [0.2, 0.25) is 11.9 Å². The number of fused-ring (bicyclic) bond motifs is 1. The lowest BCUT2D eigenvalue weighted by Gasteiger charge is -2.24. The lowest BCUT2D eigenvalue weighted by Crippen LogP contribution is -2.27. The van der Waals surface area contributed by atoms with Gasteiger partial charge in [-0.3, -0.25) is 19.3 Å². The van der Waals surface area contributed by atoms with Crippen molar-refractivity contribution in [3.05, 3.63) is 60.2 Å². The summed E-state index contributed by atoms with van der Waals surface area (Å²) in [6.45, 7) is 2.47. The summed E-state index contributed by atoms with van der Waals surface area (Å²) in [5.41, 5.74) is 2.30. The lowest BCUT2D eigenvalue weighted by molar-refractivity contribution is 0.0787. The van der Waals surface area contributed by atoms with Crippen LogP contribution in [0.5, 0.6) is 0 Å². The second-order valence-electron chi connectivity index (χ2n) is 8.48. The van der Waals surface area contributed by atoms with Crippen LogP contribution in [0.2, 0.25) is 0 Å². The van der Waals surface area contributed by atoms with Crippen molar-refractivity contribution in [1.29, 1.82) is 0 Å². The average molecular weight is 444 g/mol. The molecular formula is C23H25N9O. The second kappa shape index (κ2) is 8.19. The van der Waals surface area contributed by atoms with Gasteiger partial charge < -0.3 is 15.1 Å². The molecule has 0 aliphatic carbocycles. The van der Waals surface area contributed by atoms with E-state index in [0.29, 0.717) is 23.4 Å². The summed E-state index contributed by atoms with van der Waals surface area (Å²) in [7, 11) is 0. The Morgan fingerprint density at radius 2 is 1.97 bits per heavy atom. The molecule has 0 bridgehead atoms. The number of nitrogens with zero attached hydrogens (tertiary/aromatic N) is 7. The van der Waals surface area contributed by atoms with E-state index in [4.69, 9.17) is 9.97 Å². The van der Waals surface area contributed by atoms with Gasteiger partial charge in [-0.05, 0) is 49.9 Å². The Morgan fingerprint density at radius 1 is 1.06 bits per heavy atom. The highest BCUT2D eigenvalue weighted by Crippen LogP contribution is 2.34. The molecule has 2 saturated heterocycles. The van der Waals surface area contributed by atoms with E-state index < -0.39 is 0 Å². The van der Waals surface area contributed by atoms with Crippen LogP contribution >= 0.6 is 0 Å². The average Bonchev–Trinajstić information content (AvgIpc) is 3.65. The molecule has 2 aliphatic heterocycles. The number of anilines is 3. The lowest BCUT2D eigenvalue weighted by atomic mass is 10.1. The minimum absolute atomic E-state index is 0.0159. The third-order valence-corrected chi connectivity index (χ3v) is 6.36. The fraction of sp³-hybridized carbons (Fsp3) is 0.348. The Bertz CT molecular complexity index is 1280. The van der Waals surface area contributed by atoms with Gasteiger partial charge >= 0.3 is 0 Å². The smallest absolute Gasteiger partial charge is 0.271 e. The Morgan fingerprint density at radius 3 is 2.82 bits per heavy atom. The number of aromatic nitrogens is 6. The van der Waals surface area contributed by atoms with E-state index in [1.54, 1.807) is 6.07 Å². The largest absolute Gasteiger partial charge is 0.337 e. The van der Waals surface area contributed by atoms with Crippen LogP contribution in [0.1, 0.15) is 47.9 Å². The molecule has 1 atom stereocenters. The predicted octanol–water partition coefficient (Wildman–Crippen LogP) is 3.17. The summed E-state index contributed by atoms with van der Waals surface area (Å²) in [5.74, 6) is 1.77. The molecule has 168 valence electrons. The first-order valence-electron chi connectivity index (χ1n) is 11.4. The molecule has 33 heavy (non-hydrogen) atoms. The molecule has 6 heterocycles. The van der Waals surface area contributed by atoms with Gasteiger partial charge in [-0.25, -0.2) is 0 Å². The zero-order valence-corrected chi connectivity index (χ0v) is 18.2. The zero-order valence-electron chi connectivity index (χ0n) is 18.2. The first-order valence-corrected chi connectivity index (χ1v) is 11.4. The van der Waals surface area contributed by atoms with Crippen LogP contribution in [0, 0.1) is 0 Å². The molecule has 2 aliphatic rings. The van der Waals surface area contributed by atoms with Crippen LogP contribution in [0.3, 0.4) is 0 Å². The number of hydrogen-bond donors (Lipinski definition) is 2. The number of rotatable bonds is 5. The first kappa shape index (κ1) is 19.7. The summed E-state index contributed by atoms with van der Waals surface area (Å²) < 4.78 is 1.88. The second-order valence-corrected chi connectivity index (χ2v) is 8.48. The van der Waals surface area contributed by atoms with Gasteiger partial charge in [0, 0.05) is 38.1 Å². The van der Waals surface area contributed by atoms with E-state index in [2.05, 4.69) is 31.5 Å². The maximum Gasteiger partial charge on any atom is 0.271 e. The number of carbonyl (C=O) groups is 1. The molecule has 0 saturated carbocycles. The molecular weight excluding hydrogens is 418 g/mol. The minimum Gasteiger partial charge on any atom is -0.337 e. The van der Waals surface area contributed by atoms with Gasteiger partial charge in [0.15, 0.2) is 5.82 Å². The first-order chi connectivity index (χ1) is 16.3. The molecule has 2 N–H and O–H groups in total. The molecule has 4 aromatic heterocycles. The van der Waals surface area contributed by atoms with Gasteiger partial charge in [-0.1, -0.05) is 6.07 Å². The van der Waals surface area contributed by atoms with E-state index >= 15 is 0 Å². The SMILES string of the molecule is O=C(c1cc(Nc2nc(N3CCCC3c3ccccn3)nc3cccn23)n[nH]1)N1CCCC1. The number of hydrogen-bond acceptors (Lipinski definition) is 7. The van der Waals surface area contributed by atoms with E-state index in [-0.39, 0.29) is 11.9 Å². The molecule has 10 heteroatoms. The van der Waals surface area contributed by atoms with E-state index in [0.717, 1.165) is 56.7 Å². The number of pyridine rings is 1. The fourth-order valence-corrected chi connectivity index (χ4v) is 4.72.